The number of anilines is 1. The van der Waals surface area contributed by atoms with E-state index >= 15 is 0 Å². The summed E-state index contributed by atoms with van der Waals surface area (Å²) >= 11 is 1.18. The number of hydrogen-bond acceptors (Lipinski definition) is 7. The number of aromatic nitrogens is 3. The Morgan fingerprint density at radius 2 is 1.70 bits per heavy atom. The van der Waals surface area contributed by atoms with Gasteiger partial charge in [0.2, 0.25) is 5.91 Å². The van der Waals surface area contributed by atoms with Crippen LogP contribution in [0.1, 0.15) is 30.9 Å². The molecule has 15 heteroatoms. The lowest BCUT2D eigenvalue weighted by Gasteiger charge is -2.21. The van der Waals surface area contributed by atoms with Crippen LogP contribution in [-0.2, 0) is 16.0 Å². The number of carbonyl (C=O) groups excluding carboxylic acids is 2. The number of aliphatic imine (C=N–C) groups is 1. The molecule has 0 spiro atoms. The standard InChI is InChI=1S/C31H26F5N5O4S/c1-19(2)24-5-3-4-6-25(24)41-26(42)17-46-28(41)38-29(43)44-16-15-20-7-9-21(10-8-20)27-37-18-40(39-27)22-11-13-23(14-12-22)45-31(35,36)30(32,33)34/h3-14,18-19H,15-17H2,1-2H3. The maximum atomic E-state index is 13.1. The minimum absolute atomic E-state index is 0.0532. The average molecular weight is 660 g/mol. The summed E-state index contributed by atoms with van der Waals surface area (Å²) in [5.41, 5.74) is 3.52. The number of para-hydroxylation sites is 1. The van der Waals surface area contributed by atoms with Gasteiger partial charge in [-0.2, -0.15) is 26.9 Å². The van der Waals surface area contributed by atoms with Crippen molar-refractivity contribution in [2.24, 2.45) is 4.99 Å². The molecule has 46 heavy (non-hydrogen) atoms. The first-order chi connectivity index (χ1) is 21.8. The predicted molar refractivity (Wildman–Crippen MR) is 161 cm³/mol. The third-order valence-electron chi connectivity index (χ3n) is 6.75. The van der Waals surface area contributed by atoms with E-state index in [1.54, 1.807) is 24.3 Å². The smallest absolute Gasteiger partial charge is 0.448 e. The molecule has 0 unspecified atom stereocenters. The Balaban J connectivity index is 1.16. The van der Waals surface area contributed by atoms with Crippen LogP contribution in [-0.4, -0.2) is 56.6 Å². The number of amidine groups is 1. The molecule has 2 amide bonds. The Kier molecular flexibility index (Phi) is 9.42. The summed E-state index contributed by atoms with van der Waals surface area (Å²) < 4.78 is 73.8. The zero-order chi connectivity index (χ0) is 33.1. The molecular formula is C31H26F5N5O4S. The van der Waals surface area contributed by atoms with Gasteiger partial charge in [0.25, 0.3) is 0 Å². The summed E-state index contributed by atoms with van der Waals surface area (Å²) in [6, 6.07) is 19.1. The first kappa shape index (κ1) is 32.6. The van der Waals surface area contributed by atoms with Crippen molar-refractivity contribution in [3.63, 3.8) is 0 Å². The average Bonchev–Trinajstić information content (AvgIpc) is 3.64. The first-order valence-electron chi connectivity index (χ1n) is 13.9. The third-order valence-corrected chi connectivity index (χ3v) is 7.67. The maximum absolute atomic E-state index is 13.1. The Hall–Kier alpha value is -4.79. The summed E-state index contributed by atoms with van der Waals surface area (Å²) in [5.74, 6) is -0.154. The van der Waals surface area contributed by atoms with E-state index in [1.807, 2.05) is 38.1 Å². The van der Waals surface area contributed by atoms with Crippen molar-refractivity contribution in [3.05, 3.63) is 90.3 Å². The zero-order valence-corrected chi connectivity index (χ0v) is 25.2. The maximum Gasteiger partial charge on any atom is 0.499 e. The molecule has 0 N–H and O–H groups in total. The van der Waals surface area contributed by atoms with Crippen LogP contribution in [0, 0.1) is 0 Å². The number of nitrogens with zero attached hydrogens (tertiary/aromatic N) is 5. The SMILES string of the molecule is CC(C)c1ccccc1N1C(=O)CSC1=NC(=O)OCCc1ccc(-c2ncn(-c3ccc(OC(F)(F)C(F)(F)F)cc3)n2)cc1. The minimum Gasteiger partial charge on any atom is -0.448 e. The van der Waals surface area contributed by atoms with Crippen molar-refractivity contribution >= 4 is 34.6 Å². The number of thioether (sulfide) groups is 1. The Bertz CT molecular complexity index is 1740. The van der Waals surface area contributed by atoms with Crippen molar-refractivity contribution in [2.45, 2.75) is 38.5 Å². The largest absolute Gasteiger partial charge is 0.499 e. The lowest BCUT2D eigenvalue weighted by atomic mass is 10.0. The second-order valence-electron chi connectivity index (χ2n) is 10.3. The molecule has 1 aliphatic heterocycles. The van der Waals surface area contributed by atoms with E-state index < -0.39 is 24.1 Å². The quantitative estimate of drug-likeness (QED) is 0.173. The highest BCUT2D eigenvalue weighted by atomic mass is 32.2. The Morgan fingerprint density at radius 3 is 2.37 bits per heavy atom. The van der Waals surface area contributed by atoms with Crippen LogP contribution >= 0.6 is 11.8 Å². The predicted octanol–water partition coefficient (Wildman–Crippen LogP) is 7.41. The molecule has 9 nitrogen and oxygen atoms in total. The normalized spacial score (nSPS) is 14.7. The lowest BCUT2D eigenvalue weighted by molar-refractivity contribution is -0.360. The fourth-order valence-electron chi connectivity index (χ4n) is 4.44. The molecule has 5 rings (SSSR count). The van der Waals surface area contributed by atoms with Gasteiger partial charge in [-0.1, -0.05) is 68.1 Å². The van der Waals surface area contributed by atoms with Crippen LogP contribution in [0.25, 0.3) is 17.1 Å². The van der Waals surface area contributed by atoms with Crippen LogP contribution in [0.2, 0.25) is 0 Å². The van der Waals surface area contributed by atoms with Crippen LogP contribution in [0.15, 0.2) is 84.1 Å². The summed E-state index contributed by atoms with van der Waals surface area (Å²) in [7, 11) is 0. The molecule has 2 heterocycles. The fraction of sp³-hybridized carbons (Fsp3) is 0.258. The summed E-state index contributed by atoms with van der Waals surface area (Å²) in [6.07, 6.45) is -10.2. The van der Waals surface area contributed by atoms with E-state index in [2.05, 4.69) is 19.8 Å². The molecule has 240 valence electrons. The third kappa shape index (κ3) is 7.36. The molecule has 1 saturated heterocycles. The topological polar surface area (TPSA) is 98.9 Å². The highest BCUT2D eigenvalue weighted by Crippen LogP contribution is 2.37. The van der Waals surface area contributed by atoms with Gasteiger partial charge in [-0.15, -0.1) is 5.10 Å². The first-order valence-corrected chi connectivity index (χ1v) is 14.9. The van der Waals surface area contributed by atoms with E-state index in [4.69, 9.17) is 4.74 Å². The molecule has 1 aromatic heterocycles. The number of carbonyl (C=O) groups is 2. The number of amides is 2. The molecule has 1 fully saturated rings. The van der Waals surface area contributed by atoms with Gasteiger partial charge >= 0.3 is 18.4 Å². The number of rotatable bonds is 9. The number of benzene rings is 3. The Morgan fingerprint density at radius 1 is 1.00 bits per heavy atom. The lowest BCUT2D eigenvalue weighted by Crippen LogP contribution is -2.41. The van der Waals surface area contributed by atoms with E-state index in [0.717, 1.165) is 23.3 Å². The summed E-state index contributed by atoms with van der Waals surface area (Å²) in [4.78, 5) is 34.9. The summed E-state index contributed by atoms with van der Waals surface area (Å²) in [5, 5.41) is 4.60. The van der Waals surface area contributed by atoms with Gasteiger partial charge in [0.05, 0.1) is 23.7 Å². The molecule has 0 saturated carbocycles. The molecule has 0 atom stereocenters. The van der Waals surface area contributed by atoms with Crippen LogP contribution in [0.3, 0.4) is 0 Å². The second kappa shape index (κ2) is 13.3. The monoisotopic (exact) mass is 659 g/mol. The highest BCUT2D eigenvalue weighted by Gasteiger charge is 2.61. The number of alkyl halides is 5. The van der Waals surface area contributed by atoms with Gasteiger partial charge in [-0.05, 0) is 47.4 Å². The number of halogens is 5. The Labute approximate surface area is 264 Å². The van der Waals surface area contributed by atoms with Crippen molar-refractivity contribution in [2.75, 3.05) is 17.3 Å². The van der Waals surface area contributed by atoms with Crippen LogP contribution in [0.5, 0.6) is 5.75 Å². The molecule has 3 aromatic carbocycles. The van der Waals surface area contributed by atoms with Gasteiger partial charge in [0.1, 0.15) is 12.1 Å². The second-order valence-corrected chi connectivity index (χ2v) is 11.3. The van der Waals surface area contributed by atoms with Gasteiger partial charge in [-0.25, -0.2) is 14.5 Å². The van der Waals surface area contributed by atoms with Crippen molar-refractivity contribution < 1.29 is 41.0 Å². The molecule has 1 aliphatic rings. The van der Waals surface area contributed by atoms with Gasteiger partial charge in [0.15, 0.2) is 11.0 Å². The van der Waals surface area contributed by atoms with Crippen LogP contribution in [0.4, 0.5) is 32.4 Å². The minimum atomic E-state index is -5.85. The number of hydrogen-bond donors (Lipinski definition) is 0. The van der Waals surface area contributed by atoms with Crippen molar-refractivity contribution in [3.8, 4) is 22.8 Å². The van der Waals surface area contributed by atoms with Gasteiger partial charge in [-0.3, -0.25) is 9.69 Å². The molecular weight excluding hydrogens is 633 g/mol. The van der Waals surface area contributed by atoms with E-state index in [9.17, 15) is 31.5 Å². The molecule has 0 aliphatic carbocycles. The number of ether oxygens (including phenoxy) is 2. The highest BCUT2D eigenvalue weighted by molar-refractivity contribution is 8.15. The van der Waals surface area contributed by atoms with E-state index in [0.29, 0.717) is 29.2 Å². The molecule has 0 bridgehead atoms. The van der Waals surface area contributed by atoms with Crippen LogP contribution < -0.4 is 9.64 Å². The van der Waals surface area contributed by atoms with Crippen molar-refractivity contribution in [1.29, 1.82) is 0 Å². The van der Waals surface area contributed by atoms with E-state index in [1.165, 1.54) is 39.8 Å². The zero-order valence-electron chi connectivity index (χ0n) is 24.4. The van der Waals surface area contributed by atoms with E-state index in [-0.39, 0.29) is 29.4 Å². The summed E-state index contributed by atoms with van der Waals surface area (Å²) in [6.45, 7) is 4.10. The van der Waals surface area contributed by atoms with Gasteiger partial charge < -0.3 is 9.47 Å². The molecule has 0 radical (unpaired) electrons. The fourth-order valence-corrected chi connectivity index (χ4v) is 5.29. The van der Waals surface area contributed by atoms with Gasteiger partial charge in [0, 0.05) is 12.0 Å². The van der Waals surface area contributed by atoms with Crippen molar-refractivity contribution in [1.82, 2.24) is 14.8 Å². The molecule has 4 aromatic rings.